The van der Waals surface area contributed by atoms with Gasteiger partial charge < -0.3 is 9.88 Å². The van der Waals surface area contributed by atoms with Crippen molar-refractivity contribution < 1.29 is 21.6 Å². The summed E-state index contributed by atoms with van der Waals surface area (Å²) in [5.74, 6) is -0.414. The molecular weight excluding hydrogens is 368 g/mol. The second kappa shape index (κ2) is 6.76. The Morgan fingerprint density at radius 2 is 1.64 bits per heavy atom. The highest BCUT2D eigenvalue weighted by molar-refractivity contribution is 7.92. The van der Waals surface area contributed by atoms with Crippen LogP contribution < -0.4 is 14.8 Å². The lowest BCUT2D eigenvalue weighted by Gasteiger charge is -2.09. The number of nitrogens with zero attached hydrogens (tertiary/aromatic N) is 1. The van der Waals surface area contributed by atoms with E-state index < -0.39 is 26.0 Å². The molecule has 0 saturated carbocycles. The van der Waals surface area contributed by atoms with Crippen molar-refractivity contribution in [2.75, 3.05) is 22.7 Å². The van der Waals surface area contributed by atoms with Crippen molar-refractivity contribution in [3.05, 3.63) is 42.2 Å². The quantitative estimate of drug-likeness (QED) is 0.668. The topological polar surface area (TPSA) is 126 Å². The molecule has 0 spiro atoms. The Morgan fingerprint density at radius 1 is 1.04 bits per heavy atom. The van der Waals surface area contributed by atoms with Crippen molar-refractivity contribution in [3.63, 3.8) is 0 Å². The third-order valence-electron chi connectivity index (χ3n) is 3.17. The summed E-state index contributed by atoms with van der Waals surface area (Å²) < 4.78 is 53.5. The van der Waals surface area contributed by atoms with Crippen molar-refractivity contribution in [1.82, 2.24) is 9.88 Å². The highest BCUT2D eigenvalue weighted by Crippen LogP contribution is 2.21. The van der Waals surface area contributed by atoms with Gasteiger partial charge in [0.1, 0.15) is 10.6 Å². The second-order valence-corrected chi connectivity index (χ2v) is 8.74. The van der Waals surface area contributed by atoms with Crippen LogP contribution in [0, 0.1) is 0 Å². The van der Waals surface area contributed by atoms with Crippen molar-refractivity contribution in [1.29, 1.82) is 0 Å². The third-order valence-corrected chi connectivity index (χ3v) is 5.12. The smallest absolute Gasteiger partial charge is 0.267 e. The predicted octanol–water partition coefficient (Wildman–Crippen LogP) is 0.557. The molecule has 0 unspecified atom stereocenters. The van der Waals surface area contributed by atoms with Crippen LogP contribution in [-0.4, -0.2) is 40.6 Å². The Hall–Kier alpha value is -2.53. The molecule has 1 heterocycles. The first-order valence-corrected chi connectivity index (χ1v) is 10.4. The van der Waals surface area contributed by atoms with Crippen LogP contribution in [0.5, 0.6) is 0 Å². The highest BCUT2D eigenvalue weighted by atomic mass is 32.2. The minimum Gasteiger partial charge on any atom is -0.354 e. The first-order chi connectivity index (χ1) is 11.5. The minimum absolute atomic E-state index is 0.0879. The van der Waals surface area contributed by atoms with Gasteiger partial charge >= 0.3 is 0 Å². The molecule has 1 amide bonds. The number of sulfonamides is 2. The number of anilines is 2. The molecule has 3 N–H and O–H groups in total. The lowest BCUT2D eigenvalue weighted by molar-refractivity contribution is 0.0955. The summed E-state index contributed by atoms with van der Waals surface area (Å²) in [6.07, 6.45) is 2.31. The molecule has 0 bridgehead atoms. The first-order valence-electron chi connectivity index (χ1n) is 7.01. The molecule has 0 aliphatic rings. The summed E-state index contributed by atoms with van der Waals surface area (Å²) in [6, 6.07) is 7.08. The fourth-order valence-electron chi connectivity index (χ4n) is 2.11. The maximum Gasteiger partial charge on any atom is 0.267 e. The van der Waals surface area contributed by atoms with Gasteiger partial charge in [0.2, 0.25) is 10.0 Å². The Balaban J connectivity index is 2.30. The summed E-state index contributed by atoms with van der Waals surface area (Å²) in [6.45, 7) is 0. The summed E-state index contributed by atoms with van der Waals surface area (Å²) in [7, 11) is -4.42. The van der Waals surface area contributed by atoms with Crippen LogP contribution in [0.1, 0.15) is 10.5 Å². The molecule has 1 aromatic carbocycles. The van der Waals surface area contributed by atoms with Crippen LogP contribution in [0.4, 0.5) is 11.4 Å². The van der Waals surface area contributed by atoms with Crippen molar-refractivity contribution in [3.8, 4) is 0 Å². The number of benzene rings is 1. The molecule has 0 fully saturated rings. The normalized spacial score (nSPS) is 11.8. The van der Waals surface area contributed by atoms with E-state index >= 15 is 0 Å². The number of aromatic nitrogens is 1. The van der Waals surface area contributed by atoms with Gasteiger partial charge in [0.25, 0.3) is 15.9 Å². The average molecular weight is 386 g/mol. The van der Waals surface area contributed by atoms with E-state index in [0.29, 0.717) is 0 Å². The summed E-state index contributed by atoms with van der Waals surface area (Å²) in [5.41, 5.74) is 0.594. The van der Waals surface area contributed by atoms with Gasteiger partial charge in [0.05, 0.1) is 17.6 Å². The molecule has 0 atom stereocenters. The van der Waals surface area contributed by atoms with E-state index in [9.17, 15) is 21.6 Å². The van der Waals surface area contributed by atoms with Crippen LogP contribution in [0.15, 0.2) is 41.4 Å². The van der Waals surface area contributed by atoms with E-state index in [1.54, 1.807) is 7.05 Å². The molecule has 0 radical (unpaired) electrons. The molecule has 136 valence electrons. The molecule has 11 heteroatoms. The van der Waals surface area contributed by atoms with E-state index in [4.69, 9.17) is 0 Å². The summed E-state index contributed by atoms with van der Waals surface area (Å²) in [5, 5.41) is 2.43. The second-order valence-electron chi connectivity index (χ2n) is 5.31. The van der Waals surface area contributed by atoms with Gasteiger partial charge in [0, 0.05) is 20.3 Å². The van der Waals surface area contributed by atoms with Crippen molar-refractivity contribution in [2.45, 2.75) is 4.90 Å². The van der Waals surface area contributed by atoms with Crippen LogP contribution >= 0.6 is 0 Å². The molecular formula is C14H18N4O5S2. The van der Waals surface area contributed by atoms with Gasteiger partial charge in [-0.1, -0.05) is 6.07 Å². The predicted molar refractivity (Wildman–Crippen MR) is 94.5 cm³/mol. The SMILES string of the molecule is CNC(=O)c1cc(S(=O)(=O)Nc2cccc(NS(C)(=O)=O)c2)cn1C. The lowest BCUT2D eigenvalue weighted by Crippen LogP contribution is -2.20. The van der Waals surface area contributed by atoms with Crippen molar-refractivity contribution >= 4 is 37.3 Å². The molecule has 1 aromatic heterocycles. The first kappa shape index (κ1) is 18.8. The van der Waals surface area contributed by atoms with E-state index in [2.05, 4.69) is 14.8 Å². The summed E-state index contributed by atoms with van der Waals surface area (Å²) >= 11 is 0. The molecule has 0 aliphatic heterocycles. The number of hydrogen-bond donors (Lipinski definition) is 3. The molecule has 0 saturated heterocycles. The van der Waals surface area contributed by atoms with E-state index in [0.717, 1.165) is 6.26 Å². The Bertz CT molecular complexity index is 1010. The number of amides is 1. The molecule has 9 nitrogen and oxygen atoms in total. The number of aryl methyl sites for hydroxylation is 1. The number of nitrogens with one attached hydrogen (secondary N) is 3. The van der Waals surface area contributed by atoms with Crippen LogP contribution in [0.25, 0.3) is 0 Å². The molecule has 2 rings (SSSR count). The van der Waals surface area contributed by atoms with Gasteiger partial charge in [0.15, 0.2) is 0 Å². The molecule has 0 aliphatic carbocycles. The number of carbonyl (C=O) groups is 1. The maximum absolute atomic E-state index is 12.5. The molecule has 2 aromatic rings. The van der Waals surface area contributed by atoms with E-state index in [1.807, 2.05) is 0 Å². The third kappa shape index (κ3) is 4.73. The standard InChI is InChI=1S/C14H18N4O5S2/c1-15-14(19)13-8-12(9-18(13)2)25(22,23)17-11-6-4-5-10(7-11)16-24(3,20)21/h4-9,16-17H,1-3H3,(H,15,19). The summed E-state index contributed by atoms with van der Waals surface area (Å²) in [4.78, 5) is 11.6. The van der Waals surface area contributed by atoms with Gasteiger partial charge in [-0.25, -0.2) is 16.8 Å². The van der Waals surface area contributed by atoms with E-state index in [1.165, 1.54) is 48.1 Å². The Labute approximate surface area is 146 Å². The Morgan fingerprint density at radius 3 is 2.20 bits per heavy atom. The minimum atomic E-state index is -3.95. The van der Waals surface area contributed by atoms with Gasteiger partial charge in [-0.15, -0.1) is 0 Å². The molecule has 25 heavy (non-hydrogen) atoms. The number of hydrogen-bond acceptors (Lipinski definition) is 5. The fraction of sp³-hybridized carbons (Fsp3) is 0.214. The largest absolute Gasteiger partial charge is 0.354 e. The fourth-order valence-corrected chi connectivity index (χ4v) is 3.78. The van der Waals surface area contributed by atoms with Crippen molar-refractivity contribution in [2.24, 2.45) is 7.05 Å². The number of rotatable bonds is 6. The van der Waals surface area contributed by atoms with Gasteiger partial charge in [-0.3, -0.25) is 14.2 Å². The average Bonchev–Trinajstić information content (AvgIpc) is 2.87. The van der Waals surface area contributed by atoms with E-state index in [-0.39, 0.29) is 22.0 Å². The monoisotopic (exact) mass is 386 g/mol. The van der Waals surface area contributed by atoms with Gasteiger partial charge in [-0.2, -0.15) is 0 Å². The Kier molecular flexibility index (Phi) is 5.09. The zero-order chi connectivity index (χ0) is 18.8. The lowest BCUT2D eigenvalue weighted by atomic mass is 10.3. The zero-order valence-electron chi connectivity index (χ0n) is 13.8. The van der Waals surface area contributed by atoms with Crippen LogP contribution in [-0.2, 0) is 27.1 Å². The van der Waals surface area contributed by atoms with Crippen LogP contribution in [0.2, 0.25) is 0 Å². The van der Waals surface area contributed by atoms with Gasteiger partial charge in [-0.05, 0) is 24.3 Å². The number of carbonyl (C=O) groups excluding carboxylic acids is 1. The maximum atomic E-state index is 12.5. The van der Waals surface area contributed by atoms with Crippen LogP contribution in [0.3, 0.4) is 0 Å². The zero-order valence-corrected chi connectivity index (χ0v) is 15.4. The highest BCUT2D eigenvalue weighted by Gasteiger charge is 2.20.